The van der Waals surface area contributed by atoms with Crippen molar-refractivity contribution in [2.24, 2.45) is 4.99 Å². The molecule has 30 heavy (non-hydrogen) atoms. The first-order valence-electron chi connectivity index (χ1n) is 9.96. The van der Waals surface area contributed by atoms with E-state index in [-0.39, 0.29) is 41.9 Å². The Morgan fingerprint density at radius 1 is 1.43 bits per heavy atom. The summed E-state index contributed by atoms with van der Waals surface area (Å²) >= 11 is 0. The van der Waals surface area contributed by atoms with Crippen molar-refractivity contribution in [1.29, 1.82) is 0 Å². The molecule has 3 rings (SSSR count). The van der Waals surface area contributed by atoms with Gasteiger partial charge in [-0.15, -0.1) is 24.0 Å². The van der Waals surface area contributed by atoms with Gasteiger partial charge < -0.3 is 20.1 Å². The Kier molecular flexibility index (Phi) is 9.76. The number of fused-ring (bicyclic) bond motifs is 1. The lowest BCUT2D eigenvalue weighted by molar-refractivity contribution is 0.177. The van der Waals surface area contributed by atoms with E-state index in [1.165, 1.54) is 12.1 Å². The molecule has 0 spiro atoms. The van der Waals surface area contributed by atoms with Crippen LogP contribution in [0.3, 0.4) is 0 Å². The molecule has 2 heterocycles. The first kappa shape index (κ1) is 24.3. The molecule has 1 aromatic heterocycles. The van der Waals surface area contributed by atoms with Crippen molar-refractivity contribution in [3.63, 3.8) is 0 Å². The lowest BCUT2D eigenvalue weighted by atomic mass is 10.1. The van der Waals surface area contributed by atoms with Gasteiger partial charge in [-0.2, -0.15) is 5.10 Å². The highest BCUT2D eigenvalue weighted by molar-refractivity contribution is 14.0. The molecule has 1 aromatic carbocycles. The minimum absolute atomic E-state index is 0. The molecule has 2 aromatic rings. The number of rotatable bonds is 8. The Balaban J connectivity index is 0.00000320. The van der Waals surface area contributed by atoms with Crippen LogP contribution in [0, 0.1) is 5.82 Å². The van der Waals surface area contributed by atoms with Crippen molar-refractivity contribution in [3.8, 4) is 5.75 Å². The number of methoxy groups -OCH3 is 1. The summed E-state index contributed by atoms with van der Waals surface area (Å²) in [6.45, 7) is 6.29. The molecule has 0 bridgehead atoms. The molecule has 1 aliphatic rings. The van der Waals surface area contributed by atoms with Gasteiger partial charge in [0.2, 0.25) is 0 Å². The normalized spacial score (nSPS) is 16.9. The molecule has 0 aliphatic carbocycles. The van der Waals surface area contributed by atoms with Gasteiger partial charge in [-0.05, 0) is 32.4 Å². The number of nitrogens with zero attached hydrogens (tertiary/aromatic N) is 4. The van der Waals surface area contributed by atoms with Gasteiger partial charge in [0.25, 0.3) is 0 Å². The van der Waals surface area contributed by atoms with Crippen LogP contribution in [-0.4, -0.2) is 53.1 Å². The Bertz CT molecular complexity index is 831. The summed E-state index contributed by atoms with van der Waals surface area (Å²) in [4.78, 5) is 9.13. The molecule has 0 saturated carbocycles. The fourth-order valence-electron chi connectivity index (χ4n) is 3.21. The minimum atomic E-state index is -0.313. The van der Waals surface area contributed by atoms with E-state index < -0.39 is 0 Å². The molecule has 2 N–H and O–H groups in total. The van der Waals surface area contributed by atoms with Gasteiger partial charge in [-0.25, -0.2) is 19.0 Å². The monoisotopic (exact) mass is 532 g/mol. The Hall–Kier alpha value is -1.95. The number of aromatic nitrogens is 3. The average molecular weight is 532 g/mol. The largest absolute Gasteiger partial charge is 0.489 e. The number of guanidine groups is 1. The summed E-state index contributed by atoms with van der Waals surface area (Å²) < 4.78 is 26.1. The van der Waals surface area contributed by atoms with Gasteiger partial charge >= 0.3 is 0 Å². The zero-order valence-corrected chi connectivity index (χ0v) is 19.9. The molecule has 2 unspecified atom stereocenters. The first-order valence-corrected chi connectivity index (χ1v) is 9.96. The molecule has 2 atom stereocenters. The fraction of sp³-hybridized carbons (Fsp3) is 0.550. The second-order valence-electron chi connectivity index (χ2n) is 7.04. The highest BCUT2D eigenvalue weighted by Crippen LogP contribution is 2.15. The van der Waals surface area contributed by atoms with Crippen LogP contribution in [0.15, 0.2) is 29.3 Å². The lowest BCUT2D eigenvalue weighted by Crippen LogP contribution is -2.47. The van der Waals surface area contributed by atoms with Crippen molar-refractivity contribution in [2.75, 3.05) is 20.2 Å². The van der Waals surface area contributed by atoms with Gasteiger partial charge in [0, 0.05) is 32.2 Å². The highest BCUT2D eigenvalue weighted by Gasteiger charge is 2.22. The topological polar surface area (TPSA) is 85.6 Å². The van der Waals surface area contributed by atoms with Gasteiger partial charge in [0.1, 0.15) is 30.1 Å². The lowest BCUT2D eigenvalue weighted by Gasteiger charge is -2.25. The first-order chi connectivity index (χ1) is 14.1. The summed E-state index contributed by atoms with van der Waals surface area (Å²) in [5, 5.41) is 11.2. The second kappa shape index (κ2) is 12.0. The second-order valence-corrected chi connectivity index (χ2v) is 7.04. The molecule has 1 aliphatic heterocycles. The van der Waals surface area contributed by atoms with Crippen LogP contribution in [0.2, 0.25) is 0 Å². The predicted octanol–water partition coefficient (Wildman–Crippen LogP) is 2.52. The van der Waals surface area contributed by atoms with Crippen molar-refractivity contribution in [3.05, 3.63) is 41.7 Å². The van der Waals surface area contributed by atoms with E-state index >= 15 is 0 Å². The van der Waals surface area contributed by atoms with Crippen LogP contribution in [0.4, 0.5) is 4.39 Å². The van der Waals surface area contributed by atoms with Crippen molar-refractivity contribution < 1.29 is 13.9 Å². The molecular formula is C20H30FIN6O2. The van der Waals surface area contributed by atoms with Crippen LogP contribution in [0.25, 0.3) is 0 Å². The summed E-state index contributed by atoms with van der Waals surface area (Å²) in [6.07, 6.45) is 1.62. The van der Waals surface area contributed by atoms with E-state index in [1.807, 2.05) is 18.5 Å². The summed E-state index contributed by atoms with van der Waals surface area (Å²) in [6, 6.07) is 6.34. The zero-order chi connectivity index (χ0) is 20.6. The smallest absolute Gasteiger partial charge is 0.191 e. The molecule has 8 nitrogen and oxygen atoms in total. The summed E-state index contributed by atoms with van der Waals surface area (Å²) in [7, 11) is 1.64. The van der Waals surface area contributed by atoms with Crippen LogP contribution in [0.1, 0.15) is 31.9 Å². The number of halogens is 2. The highest BCUT2D eigenvalue weighted by atomic mass is 127. The number of aliphatic imine (C=N–C) groups is 1. The average Bonchev–Trinajstić information content (AvgIpc) is 3.08. The van der Waals surface area contributed by atoms with E-state index in [4.69, 9.17) is 9.47 Å². The third kappa shape index (κ3) is 7.08. The maximum atomic E-state index is 13.3. The summed E-state index contributed by atoms with van der Waals surface area (Å²) in [5.41, 5.74) is 0. The van der Waals surface area contributed by atoms with Crippen LogP contribution < -0.4 is 15.4 Å². The third-order valence-corrected chi connectivity index (χ3v) is 4.50. The predicted molar refractivity (Wildman–Crippen MR) is 124 cm³/mol. The Morgan fingerprint density at radius 3 is 3.00 bits per heavy atom. The molecule has 0 saturated heterocycles. The van der Waals surface area contributed by atoms with Crippen LogP contribution in [0.5, 0.6) is 5.75 Å². The van der Waals surface area contributed by atoms with Crippen LogP contribution >= 0.6 is 24.0 Å². The van der Waals surface area contributed by atoms with Crippen molar-refractivity contribution >= 4 is 29.9 Å². The molecule has 0 amide bonds. The standard InChI is InChI=1S/C20H29FN6O2.HI/c1-4-22-20(23-11-14(2)29-17-7-5-6-15(21)10-17)24-16-8-9-19-25-18(13-28-3)26-27(19)12-16;/h5-7,10,14,16H,4,8-9,11-13H2,1-3H3,(H2,22,23,24);1H. The number of nitrogens with one attached hydrogen (secondary N) is 2. The number of benzene rings is 1. The van der Waals surface area contributed by atoms with E-state index in [0.717, 1.165) is 37.7 Å². The minimum Gasteiger partial charge on any atom is -0.489 e. The quantitative estimate of drug-likeness (QED) is 0.309. The number of hydrogen-bond donors (Lipinski definition) is 2. The molecular weight excluding hydrogens is 502 g/mol. The third-order valence-electron chi connectivity index (χ3n) is 4.50. The molecule has 0 fully saturated rings. The Morgan fingerprint density at radius 2 is 2.27 bits per heavy atom. The van der Waals surface area contributed by atoms with Gasteiger partial charge in [0.15, 0.2) is 11.8 Å². The maximum absolute atomic E-state index is 13.3. The van der Waals surface area contributed by atoms with E-state index in [9.17, 15) is 4.39 Å². The van der Waals surface area contributed by atoms with Gasteiger partial charge in [0.05, 0.1) is 13.1 Å². The maximum Gasteiger partial charge on any atom is 0.191 e. The molecule has 166 valence electrons. The molecule has 0 radical (unpaired) electrons. The zero-order valence-electron chi connectivity index (χ0n) is 17.6. The van der Waals surface area contributed by atoms with Gasteiger partial charge in [-0.1, -0.05) is 6.07 Å². The number of ether oxygens (including phenoxy) is 2. The summed E-state index contributed by atoms with van der Waals surface area (Å²) in [5.74, 6) is 2.63. The number of hydrogen-bond acceptors (Lipinski definition) is 5. The van der Waals surface area contributed by atoms with E-state index in [1.54, 1.807) is 19.2 Å². The van der Waals surface area contributed by atoms with Crippen molar-refractivity contribution in [2.45, 2.75) is 52.0 Å². The van der Waals surface area contributed by atoms with Crippen molar-refractivity contribution in [1.82, 2.24) is 25.4 Å². The fourth-order valence-corrected chi connectivity index (χ4v) is 3.21. The van der Waals surface area contributed by atoms with Gasteiger partial charge in [-0.3, -0.25) is 0 Å². The van der Waals surface area contributed by atoms with E-state index in [0.29, 0.717) is 24.7 Å². The van der Waals surface area contributed by atoms with E-state index in [2.05, 4.69) is 25.7 Å². The molecule has 10 heteroatoms. The SMILES string of the molecule is CCNC(=NCC(C)Oc1cccc(F)c1)NC1CCc2nc(COC)nn2C1.I. The number of aryl methyl sites for hydroxylation is 1. The van der Waals surface area contributed by atoms with Crippen LogP contribution in [-0.2, 0) is 24.3 Å². The Labute approximate surface area is 193 Å².